The Morgan fingerprint density at radius 2 is 1.00 bits per heavy atom. The number of rotatable bonds is 4. The first-order valence-corrected chi connectivity index (χ1v) is 18.6. The van der Waals surface area contributed by atoms with Gasteiger partial charge >= 0.3 is 0 Å². The van der Waals surface area contributed by atoms with Crippen LogP contribution in [0.25, 0.3) is 110 Å². The smallest absolute Gasteiger partial charge is 0.160 e. The van der Waals surface area contributed by atoms with E-state index in [1.807, 2.05) is 24.3 Å². The minimum atomic E-state index is 0.703. The quantitative estimate of drug-likeness (QED) is 0.183. The molecule has 0 saturated carbocycles. The summed E-state index contributed by atoms with van der Waals surface area (Å²) < 4.78 is 11.3. The van der Waals surface area contributed by atoms with Gasteiger partial charge in [0.1, 0.15) is 11.2 Å². The fourth-order valence-corrected chi connectivity index (χ4v) is 8.75. The van der Waals surface area contributed by atoms with Gasteiger partial charge in [-0.15, -0.1) is 0 Å². The fraction of sp³-hybridized carbons (Fsp3) is 0. The molecule has 55 heavy (non-hydrogen) atoms. The van der Waals surface area contributed by atoms with Crippen LogP contribution >= 0.6 is 0 Å². The normalized spacial score (nSPS) is 12.0. The second-order valence-corrected chi connectivity index (χ2v) is 14.1. The summed E-state index contributed by atoms with van der Waals surface area (Å²) in [4.78, 5) is 10.2. The number of benzene rings is 8. The first kappa shape index (κ1) is 30.0. The Labute approximate surface area is 315 Å². The van der Waals surface area contributed by atoms with Crippen molar-refractivity contribution < 1.29 is 4.42 Å². The van der Waals surface area contributed by atoms with Gasteiger partial charge in [0, 0.05) is 60.2 Å². The van der Waals surface area contributed by atoms with Crippen LogP contribution < -0.4 is 0 Å². The van der Waals surface area contributed by atoms with Gasteiger partial charge in [-0.2, -0.15) is 0 Å². The van der Waals surface area contributed by atoms with Crippen molar-refractivity contribution in [3.63, 3.8) is 0 Å². The van der Waals surface area contributed by atoms with Gasteiger partial charge in [-0.05, 0) is 66.7 Å². The van der Waals surface area contributed by atoms with Crippen molar-refractivity contribution in [2.45, 2.75) is 0 Å². The number of hydrogen-bond acceptors (Lipinski definition) is 3. The molecule has 5 heteroatoms. The molecule has 0 radical (unpaired) electrons. The van der Waals surface area contributed by atoms with E-state index in [9.17, 15) is 0 Å². The maximum atomic E-state index is 6.43. The highest BCUT2D eigenvalue weighted by molar-refractivity contribution is 6.31. The zero-order valence-corrected chi connectivity index (χ0v) is 29.5. The standard InChI is InChI=1S/C50H30N4O/c1-3-13-31(14-4-1)47-37-18-7-10-20-40(37)51-50(52-47)32-23-25-34(26-24-32)53-41-21-11-8-17-35(41)36-27-28-39-45-42(54(49(39)48(36)53)33-15-5-2-6-16-33)29-30-44-46(45)38-19-9-12-22-43(38)55-44/h1-30H. The van der Waals surface area contributed by atoms with Crippen LogP contribution in [-0.4, -0.2) is 19.1 Å². The van der Waals surface area contributed by atoms with Crippen molar-refractivity contribution in [3.05, 3.63) is 182 Å². The third-order valence-electron chi connectivity index (χ3n) is 11.1. The van der Waals surface area contributed by atoms with E-state index in [1.54, 1.807) is 0 Å². The molecule has 0 fully saturated rings. The van der Waals surface area contributed by atoms with E-state index < -0.39 is 0 Å². The van der Waals surface area contributed by atoms with Crippen LogP contribution in [0.4, 0.5) is 0 Å². The Kier molecular flexibility index (Phi) is 6.27. The lowest BCUT2D eigenvalue weighted by Crippen LogP contribution is -1.99. The number of nitrogens with zero attached hydrogens (tertiary/aromatic N) is 4. The summed E-state index contributed by atoms with van der Waals surface area (Å²) >= 11 is 0. The molecule has 0 bridgehead atoms. The molecule has 12 rings (SSSR count). The summed E-state index contributed by atoms with van der Waals surface area (Å²) in [5.41, 5.74) is 12.5. The zero-order valence-electron chi connectivity index (χ0n) is 29.5. The lowest BCUT2D eigenvalue weighted by Gasteiger charge is -2.13. The molecule has 4 heterocycles. The lowest BCUT2D eigenvalue weighted by atomic mass is 10.0. The summed E-state index contributed by atoms with van der Waals surface area (Å²) in [5.74, 6) is 0.703. The molecule has 0 aliphatic heterocycles. The predicted molar refractivity (Wildman–Crippen MR) is 226 cm³/mol. The molecule has 0 amide bonds. The lowest BCUT2D eigenvalue weighted by molar-refractivity contribution is 0.669. The third kappa shape index (κ3) is 4.35. The van der Waals surface area contributed by atoms with E-state index in [-0.39, 0.29) is 0 Å². The van der Waals surface area contributed by atoms with E-state index in [0.717, 1.165) is 83.1 Å². The van der Waals surface area contributed by atoms with Gasteiger partial charge in [0.2, 0.25) is 0 Å². The molecule has 5 nitrogen and oxygen atoms in total. The van der Waals surface area contributed by atoms with Crippen LogP contribution in [0.1, 0.15) is 0 Å². The van der Waals surface area contributed by atoms with Crippen molar-refractivity contribution in [3.8, 4) is 34.0 Å². The van der Waals surface area contributed by atoms with E-state index >= 15 is 0 Å². The van der Waals surface area contributed by atoms with Gasteiger partial charge in [-0.25, -0.2) is 9.97 Å². The fourth-order valence-electron chi connectivity index (χ4n) is 8.75. The first-order chi connectivity index (χ1) is 27.3. The van der Waals surface area contributed by atoms with Crippen molar-refractivity contribution in [1.82, 2.24) is 19.1 Å². The number of hydrogen-bond donors (Lipinski definition) is 0. The molecule has 0 aliphatic carbocycles. The highest BCUT2D eigenvalue weighted by atomic mass is 16.3. The summed E-state index contributed by atoms with van der Waals surface area (Å²) in [6.45, 7) is 0. The number of fused-ring (bicyclic) bond motifs is 12. The van der Waals surface area contributed by atoms with Gasteiger partial charge in [0.05, 0.1) is 33.3 Å². The first-order valence-electron chi connectivity index (χ1n) is 18.6. The second-order valence-electron chi connectivity index (χ2n) is 14.1. The molecule has 0 N–H and O–H groups in total. The maximum Gasteiger partial charge on any atom is 0.160 e. The molecule has 0 saturated heterocycles. The van der Waals surface area contributed by atoms with Gasteiger partial charge in [0.25, 0.3) is 0 Å². The Hall–Kier alpha value is -7.50. The molecule has 12 aromatic rings. The highest BCUT2D eigenvalue weighted by Crippen LogP contribution is 2.45. The highest BCUT2D eigenvalue weighted by Gasteiger charge is 2.24. The Morgan fingerprint density at radius 1 is 0.364 bits per heavy atom. The zero-order chi connectivity index (χ0) is 36.0. The van der Waals surface area contributed by atoms with Crippen LogP contribution in [-0.2, 0) is 0 Å². The third-order valence-corrected chi connectivity index (χ3v) is 11.1. The predicted octanol–water partition coefficient (Wildman–Crippen LogP) is 13.1. The molecule has 0 aliphatic rings. The molecule has 8 aromatic carbocycles. The van der Waals surface area contributed by atoms with Crippen molar-refractivity contribution in [2.75, 3.05) is 0 Å². The minimum Gasteiger partial charge on any atom is -0.456 e. The van der Waals surface area contributed by atoms with E-state index in [1.165, 1.54) is 21.5 Å². The van der Waals surface area contributed by atoms with Crippen molar-refractivity contribution in [2.24, 2.45) is 0 Å². The maximum absolute atomic E-state index is 6.43. The van der Waals surface area contributed by atoms with Crippen molar-refractivity contribution >= 4 is 76.5 Å². The number of aromatic nitrogens is 4. The van der Waals surface area contributed by atoms with E-state index in [0.29, 0.717) is 5.82 Å². The van der Waals surface area contributed by atoms with Gasteiger partial charge in [-0.1, -0.05) is 115 Å². The molecule has 0 unspecified atom stereocenters. The monoisotopic (exact) mass is 702 g/mol. The summed E-state index contributed by atoms with van der Waals surface area (Å²) in [7, 11) is 0. The molecule has 256 valence electrons. The molecule has 0 atom stereocenters. The summed E-state index contributed by atoms with van der Waals surface area (Å²) in [6, 6.07) is 64.1. The minimum absolute atomic E-state index is 0.703. The van der Waals surface area contributed by atoms with Gasteiger partial charge in [0.15, 0.2) is 5.82 Å². The largest absolute Gasteiger partial charge is 0.456 e. The molecule has 4 aromatic heterocycles. The summed E-state index contributed by atoms with van der Waals surface area (Å²) in [6.07, 6.45) is 0. The van der Waals surface area contributed by atoms with Crippen LogP contribution in [0.2, 0.25) is 0 Å². The number of furan rings is 1. The molecular weight excluding hydrogens is 673 g/mol. The van der Waals surface area contributed by atoms with E-state index in [2.05, 4.69) is 167 Å². The average Bonchev–Trinajstić information content (AvgIpc) is 3.91. The average molecular weight is 703 g/mol. The SMILES string of the molecule is c1ccc(-c2nc(-c3ccc(-n4c5ccccc5c5ccc6c7c8c(ccc7n(-c7ccccc7)c6c54)oc4ccccc48)cc3)nc3ccccc23)cc1. The van der Waals surface area contributed by atoms with E-state index in [4.69, 9.17) is 14.4 Å². The Bertz CT molecular complexity index is 3470. The topological polar surface area (TPSA) is 48.8 Å². The Balaban J connectivity index is 1.15. The van der Waals surface area contributed by atoms with Gasteiger partial charge < -0.3 is 13.6 Å². The molecular formula is C50H30N4O. The van der Waals surface area contributed by atoms with Crippen molar-refractivity contribution in [1.29, 1.82) is 0 Å². The Morgan fingerprint density at radius 3 is 1.84 bits per heavy atom. The van der Waals surface area contributed by atoms with Crippen LogP contribution in [0.15, 0.2) is 186 Å². The van der Waals surface area contributed by atoms with Crippen LogP contribution in [0, 0.1) is 0 Å². The second kappa shape index (κ2) is 11.5. The van der Waals surface area contributed by atoms with Gasteiger partial charge in [-0.3, -0.25) is 0 Å². The number of para-hydroxylation sites is 4. The molecule has 0 spiro atoms. The van der Waals surface area contributed by atoms with Crippen LogP contribution in [0.3, 0.4) is 0 Å². The summed E-state index contributed by atoms with van der Waals surface area (Å²) in [5, 5.41) is 8.09. The van der Waals surface area contributed by atoms with Crippen LogP contribution in [0.5, 0.6) is 0 Å².